The molecule has 0 atom stereocenters. The highest BCUT2D eigenvalue weighted by molar-refractivity contribution is 7.91. The van der Waals surface area contributed by atoms with Gasteiger partial charge in [0.1, 0.15) is 22.9 Å². The summed E-state index contributed by atoms with van der Waals surface area (Å²) in [5.74, 6) is -2.50. The molecule has 0 aliphatic carbocycles. The van der Waals surface area contributed by atoms with E-state index in [1.807, 2.05) is 0 Å². The number of halogens is 2. The monoisotopic (exact) mass is 341 g/mol. The summed E-state index contributed by atoms with van der Waals surface area (Å²) in [6, 6.07) is 0.179. The molecule has 0 spiro atoms. The lowest BCUT2D eigenvalue weighted by Crippen LogP contribution is -2.27. The molecule has 0 radical (unpaired) electrons. The maximum absolute atomic E-state index is 13.9. The van der Waals surface area contributed by atoms with Crippen LogP contribution in [0.3, 0.4) is 0 Å². The average molecular weight is 341 g/mol. The van der Waals surface area contributed by atoms with Gasteiger partial charge in [-0.2, -0.15) is 4.68 Å². The smallest absolute Gasteiger partial charge is 0.329 e. The summed E-state index contributed by atoms with van der Waals surface area (Å²) in [6.07, 6.45) is 0.844. The van der Waals surface area contributed by atoms with Gasteiger partial charge in [-0.25, -0.2) is 31.8 Å². The summed E-state index contributed by atoms with van der Waals surface area (Å²) in [7, 11) is -1.76. The Kier molecular flexibility index (Phi) is 4.11. The predicted octanol–water partition coefficient (Wildman–Crippen LogP) is 1.47. The van der Waals surface area contributed by atoms with E-state index >= 15 is 0 Å². The number of hydrogen-bond donors (Lipinski definition) is 0. The van der Waals surface area contributed by atoms with Crippen LogP contribution < -0.4 is 0 Å². The molecule has 120 valence electrons. The molecule has 0 bridgehead atoms. The van der Waals surface area contributed by atoms with Crippen LogP contribution in [0, 0.1) is 18.2 Å². The fraction of sp³-hybridized carbons (Fsp3) is 0.167. The molecule has 2 rings (SSSR count). The zero-order valence-electron chi connectivity index (χ0n) is 11.9. The first-order chi connectivity index (χ1) is 10.7. The van der Waals surface area contributed by atoms with Gasteiger partial charge in [-0.15, -0.1) is 5.10 Å². The molecular weight excluding hydrogens is 332 g/mol. The molecule has 11 heteroatoms. The first-order valence-corrected chi connectivity index (χ1v) is 7.41. The van der Waals surface area contributed by atoms with Gasteiger partial charge in [-0.1, -0.05) is 0 Å². The van der Waals surface area contributed by atoms with E-state index in [1.165, 1.54) is 14.1 Å². The molecule has 0 aliphatic heterocycles. The number of carbonyl (C=O) groups is 1. The molecular formula is C12H9F2N5O3S. The summed E-state index contributed by atoms with van der Waals surface area (Å²) in [6.45, 7) is 6.66. The van der Waals surface area contributed by atoms with Crippen molar-refractivity contribution in [2.75, 3.05) is 14.1 Å². The van der Waals surface area contributed by atoms with Crippen molar-refractivity contribution < 1.29 is 22.0 Å². The van der Waals surface area contributed by atoms with Crippen LogP contribution in [0.4, 0.5) is 19.3 Å². The molecule has 1 aromatic carbocycles. The fourth-order valence-corrected chi connectivity index (χ4v) is 2.73. The average Bonchev–Trinajstić information content (AvgIpc) is 2.98. The second kappa shape index (κ2) is 5.73. The number of sulfone groups is 1. The summed E-state index contributed by atoms with van der Waals surface area (Å²) in [4.78, 5) is 17.9. The zero-order valence-corrected chi connectivity index (χ0v) is 12.7. The Balaban J connectivity index is 2.54. The normalized spacial score (nSPS) is 11.1. The van der Waals surface area contributed by atoms with Gasteiger partial charge in [0, 0.05) is 14.1 Å². The molecule has 1 heterocycles. The summed E-state index contributed by atoms with van der Waals surface area (Å²) in [5, 5.41) is 2.61. The maximum atomic E-state index is 13.9. The van der Waals surface area contributed by atoms with Crippen molar-refractivity contribution in [3.8, 4) is 0 Å². The van der Waals surface area contributed by atoms with Crippen LogP contribution in [0.25, 0.3) is 4.85 Å². The first-order valence-electron chi connectivity index (χ1n) is 5.93. The molecule has 0 N–H and O–H groups in total. The van der Waals surface area contributed by atoms with Gasteiger partial charge in [0.25, 0.3) is 5.16 Å². The van der Waals surface area contributed by atoms with Gasteiger partial charge in [-0.05, 0) is 12.1 Å². The second-order valence-electron chi connectivity index (χ2n) is 4.50. The van der Waals surface area contributed by atoms with Crippen molar-refractivity contribution in [3.05, 3.63) is 41.5 Å². The number of benzene rings is 1. The lowest BCUT2D eigenvalue weighted by Gasteiger charge is -2.08. The minimum Gasteiger partial charge on any atom is -0.329 e. The molecule has 0 saturated carbocycles. The van der Waals surface area contributed by atoms with E-state index in [1.54, 1.807) is 0 Å². The first kappa shape index (κ1) is 16.5. The van der Waals surface area contributed by atoms with E-state index in [0.717, 1.165) is 11.2 Å². The lowest BCUT2D eigenvalue weighted by atomic mass is 10.3. The minimum atomic E-state index is -4.59. The third kappa shape index (κ3) is 2.88. The number of aromatic nitrogens is 3. The topological polar surface area (TPSA) is 89.5 Å². The quantitative estimate of drug-likeness (QED) is 0.772. The van der Waals surface area contributed by atoms with E-state index in [-0.39, 0.29) is 0 Å². The largest absolute Gasteiger partial charge is 0.345 e. The lowest BCUT2D eigenvalue weighted by molar-refractivity contribution is 0.215. The second-order valence-corrected chi connectivity index (χ2v) is 6.31. The molecule has 0 saturated heterocycles. The standard InChI is InChI=1S/C12H9F2N5O3S/c1-15-9-4-8(14)10(5-7(9)13)23(21,22)11-16-6-19(17-11)12(20)18(2)3/h4-6H,2-3H3. The highest BCUT2D eigenvalue weighted by Crippen LogP contribution is 2.27. The van der Waals surface area contributed by atoms with Gasteiger partial charge < -0.3 is 4.90 Å². The van der Waals surface area contributed by atoms with Gasteiger partial charge in [0.2, 0.25) is 15.5 Å². The molecule has 0 unspecified atom stereocenters. The number of rotatable bonds is 2. The SMILES string of the molecule is [C-]#[N+]c1cc(F)c(S(=O)(=O)c2ncn(C(=O)N(C)C)n2)cc1F. The van der Waals surface area contributed by atoms with Gasteiger partial charge >= 0.3 is 6.03 Å². The van der Waals surface area contributed by atoms with E-state index in [2.05, 4.69) is 14.9 Å². The van der Waals surface area contributed by atoms with E-state index in [4.69, 9.17) is 6.57 Å². The molecule has 8 nitrogen and oxygen atoms in total. The third-order valence-corrected chi connectivity index (χ3v) is 4.26. The molecule has 2 aromatic rings. The van der Waals surface area contributed by atoms with Crippen LogP contribution in [0.5, 0.6) is 0 Å². The fourth-order valence-electron chi connectivity index (χ4n) is 1.58. The van der Waals surface area contributed by atoms with Crippen molar-refractivity contribution in [2.45, 2.75) is 10.1 Å². The van der Waals surface area contributed by atoms with E-state index in [0.29, 0.717) is 16.8 Å². The van der Waals surface area contributed by atoms with Crippen LogP contribution in [0.15, 0.2) is 28.5 Å². The number of carbonyl (C=O) groups excluding carboxylic acids is 1. The van der Waals surface area contributed by atoms with Crippen LogP contribution in [-0.2, 0) is 9.84 Å². The van der Waals surface area contributed by atoms with Crippen molar-refractivity contribution in [1.82, 2.24) is 19.7 Å². The molecule has 1 amide bonds. The number of nitrogens with zero attached hydrogens (tertiary/aromatic N) is 5. The Morgan fingerprint density at radius 3 is 2.52 bits per heavy atom. The Morgan fingerprint density at radius 1 is 1.30 bits per heavy atom. The number of hydrogen-bond acceptors (Lipinski definition) is 5. The van der Waals surface area contributed by atoms with Crippen LogP contribution in [-0.4, -0.2) is 48.2 Å². The Labute approximate surface area is 129 Å². The maximum Gasteiger partial charge on any atom is 0.345 e. The highest BCUT2D eigenvalue weighted by atomic mass is 32.2. The molecule has 0 fully saturated rings. The van der Waals surface area contributed by atoms with Crippen molar-refractivity contribution >= 4 is 21.6 Å². The number of amides is 1. The Bertz CT molecular complexity index is 931. The molecule has 23 heavy (non-hydrogen) atoms. The minimum absolute atomic E-state index is 0.381. The van der Waals surface area contributed by atoms with Gasteiger partial charge in [0.15, 0.2) is 0 Å². The Morgan fingerprint density at radius 2 is 1.96 bits per heavy atom. The highest BCUT2D eigenvalue weighted by Gasteiger charge is 2.28. The van der Waals surface area contributed by atoms with Crippen LogP contribution in [0.2, 0.25) is 0 Å². The summed E-state index contributed by atoms with van der Waals surface area (Å²) < 4.78 is 52.6. The Hall–Kier alpha value is -2.87. The van der Waals surface area contributed by atoms with Gasteiger partial charge in [0.05, 0.1) is 6.57 Å². The third-order valence-electron chi connectivity index (χ3n) is 2.70. The van der Waals surface area contributed by atoms with Crippen LogP contribution in [0.1, 0.15) is 0 Å². The summed E-state index contributed by atoms with van der Waals surface area (Å²) >= 11 is 0. The van der Waals surface area contributed by atoms with Crippen LogP contribution >= 0.6 is 0 Å². The van der Waals surface area contributed by atoms with Gasteiger partial charge in [-0.3, -0.25) is 0 Å². The van der Waals surface area contributed by atoms with Crippen molar-refractivity contribution in [2.24, 2.45) is 0 Å². The predicted molar refractivity (Wildman–Crippen MR) is 72.6 cm³/mol. The van der Waals surface area contributed by atoms with Crippen molar-refractivity contribution in [3.63, 3.8) is 0 Å². The summed E-state index contributed by atoms with van der Waals surface area (Å²) in [5.41, 5.74) is -0.650. The van der Waals surface area contributed by atoms with E-state index < -0.39 is 43.2 Å². The molecule has 0 aliphatic rings. The zero-order chi connectivity index (χ0) is 17.4. The molecule has 1 aromatic heterocycles. The van der Waals surface area contributed by atoms with Crippen molar-refractivity contribution in [1.29, 1.82) is 0 Å². The van der Waals surface area contributed by atoms with E-state index in [9.17, 15) is 22.0 Å².